The van der Waals surface area contributed by atoms with E-state index in [9.17, 15) is 0 Å². The quantitative estimate of drug-likeness (QED) is 0.586. The Morgan fingerprint density at radius 3 is 1.33 bits per heavy atom. The minimum Gasteiger partial charge on any atom is -0.397 e. The number of unbranched alkanes of at least 4 members (excludes halogenated alkanes) is 3. The average molecular weight is 220 g/mol. The molecule has 0 bridgehead atoms. The molecule has 3 heteroatoms. The summed E-state index contributed by atoms with van der Waals surface area (Å²) in [5.74, 6) is 0. The van der Waals surface area contributed by atoms with Gasteiger partial charge in [0.25, 0.3) is 0 Å². The van der Waals surface area contributed by atoms with Crippen LogP contribution >= 0.6 is 0 Å². The van der Waals surface area contributed by atoms with Crippen LogP contribution in [0.5, 0.6) is 0 Å². The van der Waals surface area contributed by atoms with Crippen molar-refractivity contribution in [1.82, 2.24) is 0 Å². The predicted molar refractivity (Wildman–Crippen MR) is 63.7 cm³/mol. The zero-order valence-corrected chi connectivity index (χ0v) is 10.6. The third kappa shape index (κ3) is 24.8. The van der Waals surface area contributed by atoms with Gasteiger partial charge in [-0.2, -0.15) is 0 Å². The van der Waals surface area contributed by atoms with Gasteiger partial charge >= 0.3 is 0 Å². The van der Waals surface area contributed by atoms with Gasteiger partial charge in [0.1, 0.15) is 0 Å². The molecule has 1 aliphatic rings. The van der Waals surface area contributed by atoms with E-state index >= 15 is 0 Å². The smallest absolute Gasteiger partial charge is 0.0823 e. The van der Waals surface area contributed by atoms with Crippen LogP contribution in [-0.4, -0.2) is 24.9 Å². The first-order valence-corrected chi connectivity index (χ1v) is 6.18. The van der Waals surface area contributed by atoms with E-state index in [1.165, 1.54) is 25.7 Å². The summed E-state index contributed by atoms with van der Waals surface area (Å²) in [5.41, 5.74) is 0. The van der Waals surface area contributed by atoms with Gasteiger partial charge in [0.15, 0.2) is 0 Å². The van der Waals surface area contributed by atoms with E-state index in [1.807, 2.05) is 0 Å². The summed E-state index contributed by atoms with van der Waals surface area (Å²) >= 11 is 0. The van der Waals surface area contributed by atoms with Gasteiger partial charge in [-0.1, -0.05) is 39.5 Å². The first kappa shape index (κ1) is 17.3. The second kappa shape index (κ2) is 19.5. The third-order valence-corrected chi connectivity index (χ3v) is 1.75. The largest absolute Gasteiger partial charge is 0.397 e. The third-order valence-electron chi connectivity index (χ3n) is 1.75. The van der Waals surface area contributed by atoms with Crippen LogP contribution in [0, 0.1) is 0 Å². The molecule has 1 saturated heterocycles. The normalized spacial score (nSPS) is 14.4. The molecule has 0 amide bonds. The average Bonchev–Trinajstić information content (AvgIpc) is 2.30. The maximum Gasteiger partial charge on any atom is 0.0823 e. The molecule has 1 fully saturated rings. The zero-order chi connectivity index (χ0) is 11.8. The molecular weight excluding hydrogens is 192 g/mol. The van der Waals surface area contributed by atoms with Gasteiger partial charge in [0, 0.05) is 6.61 Å². The highest BCUT2D eigenvalue weighted by atomic mass is 17.2. The summed E-state index contributed by atoms with van der Waals surface area (Å²) in [6.45, 7) is 7.95. The Labute approximate surface area is 94.7 Å². The molecule has 1 N–H and O–H groups in total. The fourth-order valence-electron chi connectivity index (χ4n) is 0.940. The second-order valence-corrected chi connectivity index (χ2v) is 3.37. The lowest BCUT2D eigenvalue weighted by Gasteiger charge is -2.07. The van der Waals surface area contributed by atoms with Crippen LogP contribution in [0.2, 0.25) is 0 Å². The molecule has 15 heavy (non-hydrogen) atoms. The van der Waals surface area contributed by atoms with Gasteiger partial charge in [-0.15, -0.1) is 0 Å². The summed E-state index contributed by atoms with van der Waals surface area (Å²) in [6, 6.07) is 0. The fourth-order valence-corrected chi connectivity index (χ4v) is 0.940. The van der Waals surface area contributed by atoms with Gasteiger partial charge in [0.2, 0.25) is 0 Å². The van der Waals surface area contributed by atoms with Crippen LogP contribution < -0.4 is 0 Å². The summed E-state index contributed by atoms with van der Waals surface area (Å²) in [5, 5.41) is 7.57. The monoisotopic (exact) mass is 220 g/mol. The van der Waals surface area contributed by atoms with E-state index in [-0.39, 0.29) is 6.61 Å². The lowest BCUT2D eigenvalue weighted by molar-refractivity contribution is -0.312. The zero-order valence-electron chi connectivity index (χ0n) is 10.6. The standard InChI is InChI=1S/C6H14.C4H8O2.C2H6O/c1-3-5-6-4-2;1-2-4-6-5-3-1;1-2-3/h3-6H2,1-2H3;1-4H2;3H,2H2,1H3. The maximum absolute atomic E-state index is 7.57. The van der Waals surface area contributed by atoms with Crippen molar-refractivity contribution in [1.29, 1.82) is 0 Å². The highest BCUT2D eigenvalue weighted by Gasteiger charge is 1.95. The number of aliphatic hydroxyl groups is 1. The Morgan fingerprint density at radius 2 is 1.20 bits per heavy atom. The molecular formula is C12H28O3. The Morgan fingerprint density at radius 1 is 0.867 bits per heavy atom. The summed E-state index contributed by atoms with van der Waals surface area (Å²) in [4.78, 5) is 9.14. The van der Waals surface area contributed by atoms with Crippen LogP contribution in [0.25, 0.3) is 0 Å². The lowest BCUT2D eigenvalue weighted by atomic mass is 10.2. The molecule has 0 aromatic rings. The van der Waals surface area contributed by atoms with Crippen LogP contribution in [0.3, 0.4) is 0 Å². The van der Waals surface area contributed by atoms with E-state index in [1.54, 1.807) is 6.92 Å². The van der Waals surface area contributed by atoms with Crippen LogP contribution in [0.15, 0.2) is 0 Å². The van der Waals surface area contributed by atoms with Crippen LogP contribution in [0.1, 0.15) is 59.3 Å². The van der Waals surface area contributed by atoms with Crippen molar-refractivity contribution in [2.45, 2.75) is 59.3 Å². The van der Waals surface area contributed by atoms with E-state index in [0.29, 0.717) is 0 Å². The first-order chi connectivity index (χ1) is 7.33. The molecule has 0 aromatic heterocycles. The SMILES string of the molecule is C1CCOOC1.CCCCCC.CCO. The molecule has 0 radical (unpaired) electrons. The summed E-state index contributed by atoms with van der Waals surface area (Å²) in [7, 11) is 0. The first-order valence-electron chi connectivity index (χ1n) is 6.18. The molecule has 0 aliphatic carbocycles. The van der Waals surface area contributed by atoms with Crippen molar-refractivity contribution in [2.24, 2.45) is 0 Å². The van der Waals surface area contributed by atoms with Gasteiger partial charge < -0.3 is 5.11 Å². The van der Waals surface area contributed by atoms with E-state index in [0.717, 1.165) is 26.1 Å². The molecule has 1 aliphatic heterocycles. The Balaban J connectivity index is 0. The van der Waals surface area contributed by atoms with Gasteiger partial charge in [0.05, 0.1) is 13.2 Å². The van der Waals surface area contributed by atoms with Crippen LogP contribution in [-0.2, 0) is 9.78 Å². The van der Waals surface area contributed by atoms with Crippen molar-refractivity contribution in [3.63, 3.8) is 0 Å². The van der Waals surface area contributed by atoms with Crippen molar-refractivity contribution < 1.29 is 14.9 Å². The maximum atomic E-state index is 7.57. The summed E-state index contributed by atoms with van der Waals surface area (Å²) in [6.07, 6.45) is 7.84. The molecule has 0 spiro atoms. The van der Waals surface area contributed by atoms with Gasteiger partial charge in [-0.3, -0.25) is 0 Å². The molecule has 0 saturated carbocycles. The summed E-state index contributed by atoms with van der Waals surface area (Å²) < 4.78 is 0. The highest BCUT2D eigenvalue weighted by Crippen LogP contribution is 1.97. The van der Waals surface area contributed by atoms with Gasteiger partial charge in [-0.25, -0.2) is 9.78 Å². The van der Waals surface area contributed by atoms with Crippen molar-refractivity contribution in [3.8, 4) is 0 Å². The fraction of sp³-hybridized carbons (Fsp3) is 1.00. The minimum atomic E-state index is 0.250. The number of aliphatic hydroxyl groups excluding tert-OH is 1. The number of rotatable bonds is 3. The topological polar surface area (TPSA) is 38.7 Å². The molecule has 0 aromatic carbocycles. The molecule has 1 heterocycles. The Kier molecular flexibility index (Phi) is 22.4. The predicted octanol–water partition coefficient (Wildman–Crippen LogP) is 3.31. The molecule has 0 unspecified atom stereocenters. The number of hydrogen-bond donors (Lipinski definition) is 1. The Bertz CT molecular complexity index is 67.4. The van der Waals surface area contributed by atoms with Crippen molar-refractivity contribution in [3.05, 3.63) is 0 Å². The molecule has 1 rings (SSSR count). The van der Waals surface area contributed by atoms with E-state index < -0.39 is 0 Å². The lowest BCUT2D eigenvalue weighted by Crippen LogP contribution is -2.05. The Hall–Kier alpha value is -0.120. The van der Waals surface area contributed by atoms with E-state index in [2.05, 4.69) is 23.6 Å². The van der Waals surface area contributed by atoms with Gasteiger partial charge in [-0.05, 0) is 19.8 Å². The van der Waals surface area contributed by atoms with Crippen LogP contribution in [0.4, 0.5) is 0 Å². The molecule has 3 nitrogen and oxygen atoms in total. The number of hydrogen-bond acceptors (Lipinski definition) is 3. The van der Waals surface area contributed by atoms with E-state index in [4.69, 9.17) is 5.11 Å². The molecule has 94 valence electrons. The highest BCUT2D eigenvalue weighted by molar-refractivity contribution is 4.36. The minimum absolute atomic E-state index is 0.250. The van der Waals surface area contributed by atoms with Crippen molar-refractivity contribution in [2.75, 3.05) is 19.8 Å². The molecule has 0 atom stereocenters. The second-order valence-electron chi connectivity index (χ2n) is 3.37. The van der Waals surface area contributed by atoms with Crippen molar-refractivity contribution >= 4 is 0 Å².